The fraction of sp³-hybridized carbons (Fsp3) is 0.125. The second-order valence-electron chi connectivity index (χ2n) is 7.48. The molecule has 36 heavy (non-hydrogen) atoms. The van der Waals surface area contributed by atoms with Crippen molar-refractivity contribution in [1.29, 1.82) is 0 Å². The van der Waals surface area contributed by atoms with Crippen molar-refractivity contribution in [2.24, 2.45) is 0 Å². The van der Waals surface area contributed by atoms with Crippen LogP contribution in [0, 0.1) is 27.2 Å². The summed E-state index contributed by atoms with van der Waals surface area (Å²) < 4.78 is 9.96. The van der Waals surface area contributed by atoms with E-state index in [1.54, 1.807) is 31.2 Å². The molecule has 0 radical (unpaired) electrons. The molecule has 0 bridgehead atoms. The molecule has 1 atom stereocenters. The van der Waals surface area contributed by atoms with Crippen LogP contribution in [0.4, 0.5) is 17.1 Å². The summed E-state index contributed by atoms with van der Waals surface area (Å²) in [4.78, 5) is 59.3. The second kappa shape index (κ2) is 10.9. The van der Waals surface area contributed by atoms with E-state index in [1.165, 1.54) is 24.3 Å². The Morgan fingerprint density at radius 3 is 2.08 bits per heavy atom. The van der Waals surface area contributed by atoms with E-state index < -0.39 is 39.5 Å². The molecule has 0 aliphatic carbocycles. The summed E-state index contributed by atoms with van der Waals surface area (Å²) in [6, 6.07) is 14.8. The summed E-state index contributed by atoms with van der Waals surface area (Å²) in [6.07, 6.45) is -1.58. The van der Waals surface area contributed by atoms with Gasteiger partial charge in [-0.2, -0.15) is 0 Å². The van der Waals surface area contributed by atoms with Crippen LogP contribution in [-0.2, 0) is 14.3 Å². The Balaban J connectivity index is 1.98. The number of benzene rings is 3. The van der Waals surface area contributed by atoms with Gasteiger partial charge in [0.25, 0.3) is 17.3 Å². The van der Waals surface area contributed by atoms with Crippen molar-refractivity contribution in [2.75, 3.05) is 12.4 Å². The number of nitro benzene ring substituents is 2. The largest absolute Gasteiger partial charge is 0.465 e. The molecular formula is C24H19N3O9. The van der Waals surface area contributed by atoms with E-state index >= 15 is 0 Å². The Kier molecular flexibility index (Phi) is 7.69. The number of ether oxygens (including phenoxy) is 2. The first-order chi connectivity index (χ1) is 17.1. The molecule has 0 heterocycles. The van der Waals surface area contributed by atoms with E-state index in [0.717, 1.165) is 25.3 Å². The van der Waals surface area contributed by atoms with Gasteiger partial charge in [0.1, 0.15) is 5.69 Å². The van der Waals surface area contributed by atoms with Crippen molar-refractivity contribution in [1.82, 2.24) is 0 Å². The molecule has 12 nitrogen and oxygen atoms in total. The predicted octanol–water partition coefficient (Wildman–Crippen LogP) is 4.13. The number of amides is 1. The van der Waals surface area contributed by atoms with E-state index in [4.69, 9.17) is 4.74 Å². The van der Waals surface area contributed by atoms with Gasteiger partial charge in [-0.05, 0) is 24.6 Å². The van der Waals surface area contributed by atoms with Gasteiger partial charge in [0, 0.05) is 23.8 Å². The zero-order valence-electron chi connectivity index (χ0n) is 19.0. The fourth-order valence-electron chi connectivity index (χ4n) is 3.24. The monoisotopic (exact) mass is 493 g/mol. The normalized spacial score (nSPS) is 11.2. The maximum absolute atomic E-state index is 13.1. The molecule has 0 saturated heterocycles. The van der Waals surface area contributed by atoms with Crippen LogP contribution in [0.3, 0.4) is 0 Å². The SMILES string of the molecule is COC(=O)c1cc(C(=O)OC(C(=O)Nc2ccc(C)cc2[N+](=O)[O-])c2ccccc2)cc([N+](=O)[O-])c1. The number of methoxy groups -OCH3 is 1. The Hall–Kier alpha value is -5.13. The third kappa shape index (κ3) is 5.86. The van der Waals surface area contributed by atoms with Gasteiger partial charge in [0.15, 0.2) is 0 Å². The van der Waals surface area contributed by atoms with Gasteiger partial charge in [-0.25, -0.2) is 9.59 Å². The number of nitro groups is 2. The highest BCUT2D eigenvalue weighted by molar-refractivity contribution is 6.00. The zero-order valence-corrected chi connectivity index (χ0v) is 19.0. The average molecular weight is 493 g/mol. The third-order valence-electron chi connectivity index (χ3n) is 4.96. The molecule has 3 aromatic carbocycles. The quantitative estimate of drug-likeness (QED) is 0.275. The maximum atomic E-state index is 13.1. The number of carbonyl (C=O) groups excluding carboxylic acids is 3. The molecule has 0 saturated carbocycles. The number of hydrogen-bond donors (Lipinski definition) is 1. The minimum atomic E-state index is -1.58. The number of nitrogens with one attached hydrogen (secondary N) is 1. The van der Waals surface area contributed by atoms with Crippen LogP contribution in [0.1, 0.15) is 37.9 Å². The highest BCUT2D eigenvalue weighted by Gasteiger charge is 2.29. The summed E-state index contributed by atoms with van der Waals surface area (Å²) in [7, 11) is 1.07. The smallest absolute Gasteiger partial charge is 0.339 e. The molecule has 1 N–H and O–H groups in total. The maximum Gasteiger partial charge on any atom is 0.339 e. The van der Waals surface area contributed by atoms with Gasteiger partial charge in [0.05, 0.1) is 28.1 Å². The molecule has 0 aromatic heterocycles. The van der Waals surface area contributed by atoms with E-state index in [1.807, 2.05) is 0 Å². The Morgan fingerprint density at radius 2 is 1.50 bits per heavy atom. The van der Waals surface area contributed by atoms with Crippen molar-refractivity contribution in [3.63, 3.8) is 0 Å². The van der Waals surface area contributed by atoms with Gasteiger partial charge in [-0.1, -0.05) is 36.4 Å². The summed E-state index contributed by atoms with van der Waals surface area (Å²) in [5, 5.41) is 25.1. The van der Waals surface area contributed by atoms with Crippen LogP contribution >= 0.6 is 0 Å². The van der Waals surface area contributed by atoms with Crippen molar-refractivity contribution in [3.05, 3.63) is 109 Å². The number of esters is 2. The van der Waals surface area contributed by atoms with Crippen molar-refractivity contribution < 1.29 is 33.7 Å². The number of aryl methyl sites for hydroxylation is 1. The van der Waals surface area contributed by atoms with Gasteiger partial charge >= 0.3 is 11.9 Å². The topological polar surface area (TPSA) is 168 Å². The highest BCUT2D eigenvalue weighted by atomic mass is 16.6. The van der Waals surface area contributed by atoms with Crippen molar-refractivity contribution >= 4 is 34.9 Å². The Bertz CT molecular complexity index is 1360. The standard InChI is InChI=1S/C24H19N3O9/c1-14-8-9-19(20(10-14)27(33)34)25-22(28)21(15-6-4-3-5-7-15)36-24(30)17-11-16(23(29)35-2)12-18(13-17)26(31)32/h3-13,21H,1-2H3,(H,25,28). The number of nitrogens with zero attached hydrogens (tertiary/aromatic N) is 2. The first-order valence-electron chi connectivity index (χ1n) is 10.3. The molecule has 3 aromatic rings. The van der Waals surface area contributed by atoms with Crippen LogP contribution in [0.25, 0.3) is 0 Å². The molecule has 0 aliphatic rings. The lowest BCUT2D eigenvalue weighted by atomic mass is 10.1. The predicted molar refractivity (Wildman–Crippen MR) is 125 cm³/mol. The molecule has 0 spiro atoms. The number of rotatable bonds is 8. The van der Waals surface area contributed by atoms with Crippen LogP contribution in [0.2, 0.25) is 0 Å². The fourth-order valence-corrected chi connectivity index (χ4v) is 3.24. The lowest BCUT2D eigenvalue weighted by molar-refractivity contribution is -0.384. The van der Waals surface area contributed by atoms with E-state index in [-0.39, 0.29) is 28.1 Å². The molecule has 0 fully saturated rings. The third-order valence-corrected chi connectivity index (χ3v) is 4.96. The lowest BCUT2D eigenvalue weighted by Gasteiger charge is -2.18. The van der Waals surface area contributed by atoms with Crippen LogP contribution < -0.4 is 5.32 Å². The number of anilines is 1. The van der Waals surface area contributed by atoms with E-state index in [0.29, 0.717) is 5.56 Å². The Labute approximate surface area is 203 Å². The highest BCUT2D eigenvalue weighted by Crippen LogP contribution is 2.28. The van der Waals surface area contributed by atoms with Gasteiger partial charge < -0.3 is 14.8 Å². The van der Waals surface area contributed by atoms with Crippen LogP contribution in [-0.4, -0.2) is 34.8 Å². The number of non-ortho nitro benzene ring substituents is 1. The molecule has 184 valence electrons. The molecule has 1 amide bonds. The lowest BCUT2D eigenvalue weighted by Crippen LogP contribution is -2.26. The van der Waals surface area contributed by atoms with Crippen LogP contribution in [0.15, 0.2) is 66.7 Å². The first kappa shape index (κ1) is 25.5. The average Bonchev–Trinajstić information content (AvgIpc) is 2.87. The van der Waals surface area contributed by atoms with Crippen LogP contribution in [0.5, 0.6) is 0 Å². The summed E-state index contributed by atoms with van der Waals surface area (Å²) in [5.74, 6) is -2.97. The number of carbonyl (C=O) groups is 3. The molecule has 12 heteroatoms. The molecule has 3 rings (SSSR count). The van der Waals surface area contributed by atoms with Crippen molar-refractivity contribution in [3.8, 4) is 0 Å². The zero-order chi connectivity index (χ0) is 26.4. The van der Waals surface area contributed by atoms with Gasteiger partial charge in [-0.15, -0.1) is 0 Å². The summed E-state index contributed by atoms with van der Waals surface area (Å²) >= 11 is 0. The van der Waals surface area contributed by atoms with Gasteiger partial charge in [0.2, 0.25) is 6.10 Å². The van der Waals surface area contributed by atoms with Crippen molar-refractivity contribution in [2.45, 2.75) is 13.0 Å². The first-order valence-corrected chi connectivity index (χ1v) is 10.3. The summed E-state index contributed by atoms with van der Waals surface area (Å²) in [6.45, 7) is 1.65. The van der Waals surface area contributed by atoms with Gasteiger partial charge in [-0.3, -0.25) is 25.0 Å². The summed E-state index contributed by atoms with van der Waals surface area (Å²) in [5.41, 5.74) is -0.858. The van der Waals surface area contributed by atoms with E-state index in [2.05, 4.69) is 10.1 Å². The minimum Gasteiger partial charge on any atom is -0.465 e. The Morgan fingerprint density at radius 1 is 0.861 bits per heavy atom. The number of hydrogen-bond acceptors (Lipinski definition) is 9. The van der Waals surface area contributed by atoms with E-state index in [9.17, 15) is 34.6 Å². The second-order valence-corrected chi connectivity index (χ2v) is 7.48. The molecular weight excluding hydrogens is 474 g/mol. The molecule has 1 unspecified atom stereocenters. The molecule has 0 aliphatic heterocycles. The minimum absolute atomic E-state index is 0.115.